The van der Waals surface area contributed by atoms with Crippen molar-refractivity contribution in [1.29, 1.82) is 0 Å². The van der Waals surface area contributed by atoms with Crippen LogP contribution in [0.1, 0.15) is 57.6 Å². The molecule has 1 heterocycles. The third kappa shape index (κ3) is 4.24. The lowest BCUT2D eigenvalue weighted by Gasteiger charge is -2.23. The van der Waals surface area contributed by atoms with Gasteiger partial charge in [-0.3, -0.25) is 19.3 Å². The second-order valence-corrected chi connectivity index (χ2v) is 7.95. The number of urea groups is 1. The van der Waals surface area contributed by atoms with Gasteiger partial charge in [-0.2, -0.15) is 0 Å². The van der Waals surface area contributed by atoms with Crippen LogP contribution in [0.15, 0.2) is 30.3 Å². The fourth-order valence-electron chi connectivity index (χ4n) is 3.96. The van der Waals surface area contributed by atoms with Crippen molar-refractivity contribution in [3.63, 3.8) is 0 Å². The molecule has 1 aromatic carbocycles. The van der Waals surface area contributed by atoms with E-state index in [0.29, 0.717) is 5.92 Å². The Kier molecular flexibility index (Phi) is 6.11. The molecule has 1 aliphatic heterocycles. The molecule has 0 aromatic heterocycles. The molecule has 1 N–H and O–H groups in total. The topological polar surface area (TPSA) is 86.8 Å². The number of carbonyl (C=O) groups is 4. The molecule has 3 rings (SSSR count). The summed E-state index contributed by atoms with van der Waals surface area (Å²) in [6.07, 6.45) is 4.03. The molecule has 0 unspecified atom stereocenters. The monoisotopic (exact) mass is 385 g/mol. The molecular weight excluding hydrogens is 358 g/mol. The number of imide groups is 2. The lowest BCUT2D eigenvalue weighted by Crippen LogP contribution is -2.44. The maximum absolute atomic E-state index is 12.6. The lowest BCUT2D eigenvalue weighted by molar-refractivity contribution is -0.144. The van der Waals surface area contributed by atoms with Crippen LogP contribution in [0, 0.1) is 5.92 Å². The molecule has 1 atom stereocenters. The highest BCUT2D eigenvalue weighted by Gasteiger charge is 2.48. The molecule has 0 bridgehead atoms. The first-order valence-corrected chi connectivity index (χ1v) is 9.91. The summed E-state index contributed by atoms with van der Waals surface area (Å²) in [5.41, 5.74) is 0.965. The largest absolute Gasteiger partial charge is 0.348 e. The van der Waals surface area contributed by atoms with E-state index in [1.54, 1.807) is 0 Å². The minimum Gasteiger partial charge on any atom is -0.348 e. The first-order valence-electron chi connectivity index (χ1n) is 9.91. The van der Waals surface area contributed by atoms with Crippen LogP contribution in [0.2, 0.25) is 0 Å². The molecule has 5 amide bonds. The number of nitrogens with one attached hydrogen (secondary N) is 1. The third-order valence-corrected chi connectivity index (χ3v) is 5.32. The summed E-state index contributed by atoms with van der Waals surface area (Å²) in [7, 11) is 0. The number of rotatable bonds is 7. The smallest absolute Gasteiger partial charge is 0.334 e. The molecule has 28 heavy (non-hydrogen) atoms. The number of benzene rings is 1. The van der Waals surface area contributed by atoms with E-state index in [9.17, 15) is 19.2 Å². The predicted molar refractivity (Wildman–Crippen MR) is 103 cm³/mol. The zero-order chi connectivity index (χ0) is 20.3. The van der Waals surface area contributed by atoms with Gasteiger partial charge in [0.1, 0.15) is 6.54 Å². The average molecular weight is 385 g/mol. The molecule has 2 fully saturated rings. The summed E-state index contributed by atoms with van der Waals surface area (Å²) in [6.45, 7) is 3.69. The van der Waals surface area contributed by atoms with Gasteiger partial charge in [0.2, 0.25) is 5.91 Å². The highest BCUT2D eigenvalue weighted by molar-refractivity contribution is 6.45. The van der Waals surface area contributed by atoms with E-state index in [2.05, 4.69) is 19.2 Å². The molecule has 1 saturated heterocycles. The zero-order valence-electron chi connectivity index (χ0n) is 16.4. The maximum Gasteiger partial charge on any atom is 0.334 e. The Labute approximate surface area is 165 Å². The van der Waals surface area contributed by atoms with E-state index in [-0.39, 0.29) is 12.1 Å². The Morgan fingerprint density at radius 1 is 1.07 bits per heavy atom. The minimum atomic E-state index is -0.910. The van der Waals surface area contributed by atoms with Gasteiger partial charge in [0, 0.05) is 6.04 Å². The van der Waals surface area contributed by atoms with Crippen molar-refractivity contribution in [3.8, 4) is 0 Å². The van der Waals surface area contributed by atoms with E-state index >= 15 is 0 Å². The van der Waals surface area contributed by atoms with Crippen LogP contribution < -0.4 is 5.32 Å². The molecule has 1 aromatic rings. The van der Waals surface area contributed by atoms with Crippen molar-refractivity contribution in [1.82, 2.24) is 15.1 Å². The van der Waals surface area contributed by atoms with Crippen LogP contribution in [0.4, 0.5) is 4.79 Å². The van der Waals surface area contributed by atoms with Gasteiger partial charge in [-0.1, -0.05) is 57.0 Å². The van der Waals surface area contributed by atoms with E-state index in [1.807, 2.05) is 30.3 Å². The Bertz CT molecular complexity index is 756. The molecule has 1 aliphatic carbocycles. The second kappa shape index (κ2) is 8.54. The summed E-state index contributed by atoms with van der Waals surface area (Å²) in [5.74, 6) is -1.82. The van der Waals surface area contributed by atoms with Crippen molar-refractivity contribution < 1.29 is 19.2 Å². The molecule has 0 spiro atoms. The van der Waals surface area contributed by atoms with Crippen molar-refractivity contribution in [2.75, 3.05) is 6.54 Å². The summed E-state index contributed by atoms with van der Waals surface area (Å²) in [5, 5.41) is 2.92. The molecule has 2 aliphatic rings. The van der Waals surface area contributed by atoms with Gasteiger partial charge in [0.05, 0.1) is 6.04 Å². The summed E-state index contributed by atoms with van der Waals surface area (Å²) in [6, 6.07) is 8.47. The first kappa shape index (κ1) is 20.0. The Morgan fingerprint density at radius 3 is 2.32 bits per heavy atom. The third-order valence-electron chi connectivity index (χ3n) is 5.32. The van der Waals surface area contributed by atoms with Crippen molar-refractivity contribution in [2.24, 2.45) is 5.92 Å². The van der Waals surface area contributed by atoms with Crippen LogP contribution in [-0.2, 0) is 14.4 Å². The highest BCUT2D eigenvalue weighted by atomic mass is 16.2. The van der Waals surface area contributed by atoms with Crippen molar-refractivity contribution in [3.05, 3.63) is 35.9 Å². The van der Waals surface area contributed by atoms with Crippen LogP contribution in [-0.4, -0.2) is 46.1 Å². The van der Waals surface area contributed by atoms with Crippen LogP contribution in [0.5, 0.6) is 0 Å². The van der Waals surface area contributed by atoms with Crippen LogP contribution in [0.25, 0.3) is 0 Å². The number of nitrogens with zero attached hydrogens (tertiary/aromatic N) is 2. The van der Waals surface area contributed by atoms with E-state index in [1.165, 1.54) is 0 Å². The van der Waals surface area contributed by atoms with Crippen LogP contribution in [0.3, 0.4) is 0 Å². The van der Waals surface area contributed by atoms with Gasteiger partial charge in [0.25, 0.3) is 0 Å². The molecule has 7 heteroatoms. The number of hydrogen-bond acceptors (Lipinski definition) is 4. The van der Waals surface area contributed by atoms with Crippen LogP contribution >= 0.6 is 0 Å². The van der Waals surface area contributed by atoms with Gasteiger partial charge in [-0.15, -0.1) is 0 Å². The average Bonchev–Trinajstić information content (AvgIpc) is 3.25. The lowest BCUT2D eigenvalue weighted by atomic mass is 9.97. The number of carbonyl (C=O) groups excluding carboxylic acids is 4. The SMILES string of the molecule is CC(C)C[C@@H](NC(=O)CN1C(=O)C(=O)N(C2CCCC2)C1=O)c1ccccc1. The van der Waals surface area contributed by atoms with Gasteiger partial charge >= 0.3 is 17.8 Å². The van der Waals surface area contributed by atoms with Gasteiger partial charge < -0.3 is 5.32 Å². The minimum absolute atomic E-state index is 0.219. The van der Waals surface area contributed by atoms with Gasteiger partial charge in [-0.05, 0) is 30.7 Å². The number of amides is 5. The fourth-order valence-corrected chi connectivity index (χ4v) is 3.96. The van der Waals surface area contributed by atoms with Crippen molar-refractivity contribution in [2.45, 2.75) is 58.0 Å². The summed E-state index contributed by atoms with van der Waals surface area (Å²) in [4.78, 5) is 51.6. The Balaban J connectivity index is 1.68. The zero-order valence-corrected chi connectivity index (χ0v) is 16.4. The van der Waals surface area contributed by atoms with E-state index in [4.69, 9.17) is 0 Å². The van der Waals surface area contributed by atoms with Crippen molar-refractivity contribution >= 4 is 23.8 Å². The molecule has 0 radical (unpaired) electrons. The molecule has 7 nitrogen and oxygen atoms in total. The molecule has 1 saturated carbocycles. The number of hydrogen-bond donors (Lipinski definition) is 1. The predicted octanol–water partition coefficient (Wildman–Crippen LogP) is 2.62. The van der Waals surface area contributed by atoms with Gasteiger partial charge in [0.15, 0.2) is 0 Å². The highest BCUT2D eigenvalue weighted by Crippen LogP contribution is 2.28. The summed E-state index contributed by atoms with van der Waals surface area (Å²) >= 11 is 0. The summed E-state index contributed by atoms with van der Waals surface area (Å²) < 4.78 is 0. The first-order chi connectivity index (χ1) is 13.4. The second-order valence-electron chi connectivity index (χ2n) is 7.95. The normalized spacial score (nSPS) is 19.0. The quantitative estimate of drug-likeness (QED) is 0.577. The molecular formula is C21H27N3O4. The van der Waals surface area contributed by atoms with E-state index < -0.39 is 30.3 Å². The standard InChI is InChI=1S/C21H27N3O4/c1-14(2)12-17(15-8-4-3-5-9-15)22-18(25)13-23-19(26)20(27)24(21(23)28)16-10-6-7-11-16/h3-5,8-9,14,16-17H,6-7,10-13H2,1-2H3,(H,22,25)/t17-/m1/s1. The Morgan fingerprint density at radius 2 is 1.71 bits per heavy atom. The Hall–Kier alpha value is -2.70. The fraction of sp³-hybridized carbons (Fsp3) is 0.524. The maximum atomic E-state index is 12.6. The van der Waals surface area contributed by atoms with E-state index in [0.717, 1.165) is 47.5 Å². The molecule has 150 valence electrons. The van der Waals surface area contributed by atoms with Gasteiger partial charge in [-0.25, -0.2) is 9.69 Å².